The van der Waals surface area contributed by atoms with Crippen LogP contribution in [-0.2, 0) is 10.0 Å². The zero-order valence-electron chi connectivity index (χ0n) is 15.5. The summed E-state index contributed by atoms with van der Waals surface area (Å²) in [6.45, 7) is 3.17. The summed E-state index contributed by atoms with van der Waals surface area (Å²) >= 11 is 0. The van der Waals surface area contributed by atoms with E-state index in [9.17, 15) is 8.42 Å². The second kappa shape index (κ2) is 6.65. The molecule has 0 aliphatic carbocycles. The SMILES string of the molecule is COc1ccc(S(=O)(=O)N2C3CC2CN(c2cc(C)ncn2)C3)cc1OC. The minimum Gasteiger partial charge on any atom is -0.493 e. The average Bonchev–Trinajstić information content (AvgIpc) is 2.67. The van der Waals surface area contributed by atoms with Gasteiger partial charge in [-0.1, -0.05) is 0 Å². The Morgan fingerprint density at radius 2 is 1.74 bits per heavy atom. The summed E-state index contributed by atoms with van der Waals surface area (Å²) in [5.74, 6) is 1.76. The lowest BCUT2D eigenvalue weighted by molar-refractivity contribution is 0.0874. The molecule has 0 spiro atoms. The minimum atomic E-state index is -3.59. The van der Waals surface area contributed by atoms with E-state index in [2.05, 4.69) is 14.9 Å². The largest absolute Gasteiger partial charge is 0.493 e. The zero-order valence-corrected chi connectivity index (χ0v) is 16.3. The molecule has 3 saturated heterocycles. The number of ether oxygens (including phenoxy) is 2. The first kappa shape index (κ1) is 18.0. The molecule has 0 N–H and O–H groups in total. The minimum absolute atomic E-state index is 0.0582. The first-order chi connectivity index (χ1) is 12.9. The molecule has 2 unspecified atom stereocenters. The lowest BCUT2D eigenvalue weighted by Crippen LogP contribution is -2.70. The normalized spacial score (nSPS) is 22.3. The summed E-state index contributed by atoms with van der Waals surface area (Å²) in [5.41, 5.74) is 0.897. The molecule has 2 atom stereocenters. The number of piperazine rings is 1. The number of nitrogens with zero attached hydrogens (tertiary/aromatic N) is 4. The van der Waals surface area contributed by atoms with Crippen molar-refractivity contribution in [2.45, 2.75) is 30.3 Å². The van der Waals surface area contributed by atoms with Crippen LogP contribution in [0.1, 0.15) is 12.1 Å². The molecule has 1 aromatic heterocycles. The van der Waals surface area contributed by atoms with Gasteiger partial charge in [0.15, 0.2) is 11.5 Å². The average molecular weight is 390 g/mol. The molecular weight excluding hydrogens is 368 g/mol. The second-order valence-corrected chi connectivity index (χ2v) is 8.66. The van der Waals surface area contributed by atoms with Gasteiger partial charge in [-0.3, -0.25) is 0 Å². The van der Waals surface area contributed by atoms with Gasteiger partial charge in [-0.2, -0.15) is 4.31 Å². The Balaban J connectivity index is 1.57. The van der Waals surface area contributed by atoms with Crippen LogP contribution in [0.5, 0.6) is 11.5 Å². The first-order valence-electron chi connectivity index (χ1n) is 8.73. The Labute approximate surface area is 158 Å². The monoisotopic (exact) mass is 390 g/mol. The Morgan fingerprint density at radius 1 is 1.04 bits per heavy atom. The fourth-order valence-corrected chi connectivity index (χ4v) is 5.70. The molecule has 0 amide bonds. The summed E-state index contributed by atoms with van der Waals surface area (Å²) in [6.07, 6.45) is 2.41. The van der Waals surface area contributed by atoms with Crippen LogP contribution in [0.15, 0.2) is 35.5 Å². The van der Waals surface area contributed by atoms with E-state index in [1.165, 1.54) is 20.3 Å². The number of hydrogen-bond donors (Lipinski definition) is 0. The number of fused-ring (bicyclic) bond motifs is 2. The molecule has 27 heavy (non-hydrogen) atoms. The van der Waals surface area contributed by atoms with Crippen molar-refractivity contribution in [3.05, 3.63) is 36.3 Å². The molecule has 3 aliphatic rings. The molecule has 144 valence electrons. The maximum Gasteiger partial charge on any atom is 0.243 e. The third kappa shape index (κ3) is 3.00. The van der Waals surface area contributed by atoms with Crippen LogP contribution in [0.4, 0.5) is 5.82 Å². The van der Waals surface area contributed by atoms with Crippen molar-refractivity contribution in [3.63, 3.8) is 0 Å². The highest BCUT2D eigenvalue weighted by atomic mass is 32.2. The fourth-order valence-electron chi connectivity index (χ4n) is 3.87. The van der Waals surface area contributed by atoms with Gasteiger partial charge in [-0.15, -0.1) is 0 Å². The summed E-state index contributed by atoms with van der Waals surface area (Å²) in [7, 11) is -0.577. The Kier molecular flexibility index (Phi) is 4.43. The second-order valence-electron chi connectivity index (χ2n) is 6.82. The van der Waals surface area contributed by atoms with Crippen LogP contribution < -0.4 is 14.4 Å². The van der Waals surface area contributed by atoms with E-state index in [0.717, 1.165) is 17.9 Å². The van der Waals surface area contributed by atoms with E-state index < -0.39 is 10.0 Å². The molecule has 9 heteroatoms. The molecule has 4 heterocycles. The standard InChI is InChI=1S/C18H22N4O4S/c1-12-6-18(20-11-19-12)21-9-13-7-14(10-21)22(13)27(23,24)15-4-5-16(25-2)17(8-15)26-3/h4-6,8,11,13-14H,7,9-10H2,1-3H3. The highest BCUT2D eigenvalue weighted by molar-refractivity contribution is 7.89. The number of aryl methyl sites for hydroxylation is 1. The van der Waals surface area contributed by atoms with Gasteiger partial charge in [0.2, 0.25) is 10.0 Å². The van der Waals surface area contributed by atoms with Gasteiger partial charge in [0, 0.05) is 43.0 Å². The van der Waals surface area contributed by atoms with E-state index in [1.54, 1.807) is 22.8 Å². The maximum absolute atomic E-state index is 13.2. The van der Waals surface area contributed by atoms with Crippen LogP contribution in [0, 0.1) is 6.92 Å². The highest BCUT2D eigenvalue weighted by Crippen LogP contribution is 2.40. The molecule has 3 aliphatic heterocycles. The molecule has 3 fully saturated rings. The smallest absolute Gasteiger partial charge is 0.243 e. The summed E-state index contributed by atoms with van der Waals surface area (Å²) in [6, 6.07) is 6.52. The molecule has 2 bridgehead atoms. The topological polar surface area (TPSA) is 84.9 Å². The van der Waals surface area contributed by atoms with Gasteiger partial charge in [0.25, 0.3) is 0 Å². The highest BCUT2D eigenvalue weighted by Gasteiger charge is 2.51. The summed E-state index contributed by atoms with van der Waals surface area (Å²) in [4.78, 5) is 10.8. The predicted molar refractivity (Wildman–Crippen MR) is 99.7 cm³/mol. The van der Waals surface area contributed by atoms with Crippen molar-refractivity contribution in [2.75, 3.05) is 32.2 Å². The van der Waals surface area contributed by atoms with Gasteiger partial charge in [-0.25, -0.2) is 18.4 Å². The van der Waals surface area contributed by atoms with E-state index in [-0.39, 0.29) is 17.0 Å². The lowest BCUT2D eigenvalue weighted by atomic mass is 9.91. The molecule has 0 saturated carbocycles. The van der Waals surface area contributed by atoms with Gasteiger partial charge in [0.1, 0.15) is 12.1 Å². The van der Waals surface area contributed by atoms with E-state index >= 15 is 0 Å². The van der Waals surface area contributed by atoms with Crippen LogP contribution in [0.2, 0.25) is 0 Å². The number of benzene rings is 1. The van der Waals surface area contributed by atoms with Gasteiger partial charge >= 0.3 is 0 Å². The third-order valence-electron chi connectivity index (χ3n) is 5.17. The number of rotatable bonds is 5. The van der Waals surface area contributed by atoms with Crippen molar-refractivity contribution in [3.8, 4) is 11.5 Å². The number of methoxy groups -OCH3 is 2. The van der Waals surface area contributed by atoms with Crippen molar-refractivity contribution in [1.82, 2.24) is 14.3 Å². The number of piperidine rings is 1. The van der Waals surface area contributed by atoms with Gasteiger partial charge in [-0.05, 0) is 25.5 Å². The zero-order chi connectivity index (χ0) is 19.2. The Hall–Kier alpha value is -2.39. The number of anilines is 1. The van der Waals surface area contributed by atoms with E-state index in [0.29, 0.717) is 24.6 Å². The Morgan fingerprint density at radius 3 is 2.37 bits per heavy atom. The Bertz CT molecular complexity index is 954. The number of sulfonamides is 1. The van der Waals surface area contributed by atoms with Crippen molar-refractivity contribution < 1.29 is 17.9 Å². The van der Waals surface area contributed by atoms with Gasteiger partial charge < -0.3 is 14.4 Å². The maximum atomic E-state index is 13.2. The van der Waals surface area contributed by atoms with Gasteiger partial charge in [0.05, 0.1) is 19.1 Å². The summed E-state index contributed by atoms with van der Waals surface area (Å²) in [5, 5.41) is 0. The third-order valence-corrected chi connectivity index (χ3v) is 7.17. The van der Waals surface area contributed by atoms with E-state index in [4.69, 9.17) is 9.47 Å². The first-order valence-corrected chi connectivity index (χ1v) is 10.2. The molecule has 2 aromatic rings. The van der Waals surface area contributed by atoms with E-state index in [1.807, 2.05) is 13.0 Å². The van der Waals surface area contributed by atoms with Crippen LogP contribution >= 0.6 is 0 Å². The predicted octanol–water partition coefficient (Wildman–Crippen LogP) is 1.45. The van der Waals surface area contributed by atoms with Crippen LogP contribution in [-0.4, -0.2) is 62.1 Å². The molecule has 8 nitrogen and oxygen atoms in total. The molecule has 5 rings (SSSR count). The van der Waals surface area contributed by atoms with Crippen molar-refractivity contribution in [1.29, 1.82) is 0 Å². The molecular formula is C18H22N4O4S. The summed E-state index contributed by atoms with van der Waals surface area (Å²) < 4.78 is 38.4. The number of aromatic nitrogens is 2. The molecule has 1 aromatic carbocycles. The number of hydrogen-bond acceptors (Lipinski definition) is 7. The lowest BCUT2D eigenvalue weighted by Gasteiger charge is -2.55. The van der Waals surface area contributed by atoms with Crippen LogP contribution in [0.3, 0.4) is 0 Å². The molecule has 0 radical (unpaired) electrons. The van der Waals surface area contributed by atoms with Crippen molar-refractivity contribution in [2.24, 2.45) is 0 Å². The quantitative estimate of drug-likeness (QED) is 0.764. The van der Waals surface area contributed by atoms with Crippen LogP contribution in [0.25, 0.3) is 0 Å². The van der Waals surface area contributed by atoms with Crippen molar-refractivity contribution >= 4 is 15.8 Å². The fraction of sp³-hybridized carbons (Fsp3) is 0.444.